The Morgan fingerprint density at radius 1 is 1.17 bits per heavy atom. The van der Waals surface area contributed by atoms with Crippen LogP contribution in [0, 0.1) is 0 Å². The lowest BCUT2D eigenvalue weighted by Gasteiger charge is -2.20. The molecule has 0 radical (unpaired) electrons. The van der Waals surface area contributed by atoms with Crippen molar-refractivity contribution in [3.8, 4) is 0 Å². The van der Waals surface area contributed by atoms with E-state index in [-0.39, 0.29) is 5.28 Å². The molecule has 186 valence electrons. The van der Waals surface area contributed by atoms with Crippen molar-refractivity contribution in [2.75, 3.05) is 10.2 Å². The van der Waals surface area contributed by atoms with Crippen molar-refractivity contribution in [2.45, 2.75) is 29.6 Å². The minimum Gasteiger partial charge on any atom is -0.445 e. The molecule has 2 aromatic heterocycles. The van der Waals surface area contributed by atoms with E-state index in [1.165, 1.54) is 18.9 Å². The number of hydrogen-bond acceptors (Lipinski definition) is 9. The number of halogens is 2. The first-order valence-corrected chi connectivity index (χ1v) is 13.2. The van der Waals surface area contributed by atoms with Gasteiger partial charge in [0.15, 0.2) is 22.4 Å². The smallest absolute Gasteiger partial charge is 0.339 e. The van der Waals surface area contributed by atoms with E-state index in [0.717, 1.165) is 5.56 Å². The molecule has 0 spiro atoms. The Kier molecular flexibility index (Phi) is 7.62. The maximum absolute atomic E-state index is 12.7. The lowest BCUT2D eigenvalue weighted by molar-refractivity contribution is -0.0545. The first-order chi connectivity index (χ1) is 17.5. The van der Waals surface area contributed by atoms with E-state index in [0.29, 0.717) is 29.1 Å². The summed E-state index contributed by atoms with van der Waals surface area (Å²) >= 11 is 9.73. The Hall–Kier alpha value is -2.45. The summed E-state index contributed by atoms with van der Waals surface area (Å²) in [4.78, 5) is 26.0. The number of aliphatic hydroxyl groups is 1. The van der Waals surface area contributed by atoms with Gasteiger partial charge < -0.3 is 14.6 Å². The van der Waals surface area contributed by atoms with E-state index in [2.05, 4.69) is 37.8 Å². The predicted molar refractivity (Wildman–Crippen MR) is 146 cm³/mol. The second kappa shape index (κ2) is 10.9. The van der Waals surface area contributed by atoms with Crippen LogP contribution in [-0.2, 0) is 16.0 Å². The molecule has 1 fully saturated rings. The molecule has 5 rings (SSSR count). The maximum Gasteiger partial charge on any atom is 0.339 e. The highest BCUT2D eigenvalue weighted by Crippen LogP contribution is 2.45. The number of ether oxygens (including phenoxy) is 2. The predicted octanol–water partition coefficient (Wildman–Crippen LogP) is 4.64. The first-order valence-electron chi connectivity index (χ1n) is 11.0. The second-order valence-electron chi connectivity index (χ2n) is 8.00. The summed E-state index contributed by atoms with van der Waals surface area (Å²) in [6.07, 6.45) is -0.162. The van der Waals surface area contributed by atoms with Gasteiger partial charge in [-0.1, -0.05) is 60.3 Å². The molecule has 1 N–H and O–H groups in total. The van der Waals surface area contributed by atoms with Crippen LogP contribution in [0.1, 0.15) is 21.3 Å². The van der Waals surface area contributed by atoms with Gasteiger partial charge in [0.05, 0.1) is 41.3 Å². The highest BCUT2D eigenvalue weighted by molar-refractivity contribution is 14.1. The average molecular weight is 638 g/mol. The van der Waals surface area contributed by atoms with E-state index < -0.39 is 29.0 Å². The van der Waals surface area contributed by atoms with Crippen LogP contribution in [0.25, 0.3) is 11.2 Å². The minimum absolute atomic E-state index is 0.0572. The molecule has 36 heavy (non-hydrogen) atoms. The number of methoxy groups -OCH3 is 1. The fourth-order valence-corrected chi connectivity index (χ4v) is 6.33. The number of thioether (sulfide) groups is 1. The molecule has 0 bridgehead atoms. The Labute approximate surface area is 230 Å². The van der Waals surface area contributed by atoms with Crippen LogP contribution in [0.4, 0.5) is 5.82 Å². The number of aliphatic hydroxyl groups excluding tert-OH is 1. The molecule has 0 saturated carbocycles. The Bertz CT molecular complexity index is 1360. The van der Waals surface area contributed by atoms with Gasteiger partial charge in [0.25, 0.3) is 0 Å². The van der Waals surface area contributed by atoms with Gasteiger partial charge in [0.1, 0.15) is 17.6 Å². The number of fused-ring (bicyclic) bond motifs is 1. The van der Waals surface area contributed by atoms with Gasteiger partial charge in [-0.3, -0.25) is 7.68 Å². The SMILES string of the molecule is COC1C(OC(=O)c2ccccc2)SC(n2cnc3c(N(I)Cc4ccccc4)nc(Cl)nc32)C1O. The van der Waals surface area contributed by atoms with Crippen LogP contribution in [0.3, 0.4) is 0 Å². The van der Waals surface area contributed by atoms with Gasteiger partial charge in [0, 0.05) is 7.11 Å². The van der Waals surface area contributed by atoms with Gasteiger partial charge in [-0.2, -0.15) is 9.97 Å². The van der Waals surface area contributed by atoms with Crippen LogP contribution in [0.2, 0.25) is 5.28 Å². The van der Waals surface area contributed by atoms with Crippen LogP contribution >= 0.6 is 46.2 Å². The van der Waals surface area contributed by atoms with Crippen molar-refractivity contribution in [2.24, 2.45) is 0 Å². The van der Waals surface area contributed by atoms with Crippen molar-refractivity contribution in [3.63, 3.8) is 0 Å². The van der Waals surface area contributed by atoms with Gasteiger partial charge in [-0.25, -0.2) is 9.78 Å². The Morgan fingerprint density at radius 3 is 2.56 bits per heavy atom. The summed E-state index contributed by atoms with van der Waals surface area (Å²) in [5, 5.41) is 10.6. The highest BCUT2D eigenvalue weighted by Gasteiger charge is 2.47. The fraction of sp³-hybridized carbons (Fsp3) is 0.250. The van der Waals surface area contributed by atoms with Crippen LogP contribution in [0.5, 0.6) is 0 Å². The highest BCUT2D eigenvalue weighted by atomic mass is 127. The molecule has 3 heterocycles. The van der Waals surface area contributed by atoms with Crippen molar-refractivity contribution in [3.05, 3.63) is 83.4 Å². The summed E-state index contributed by atoms with van der Waals surface area (Å²) in [7, 11) is 1.47. The number of nitrogens with zero attached hydrogens (tertiary/aromatic N) is 5. The van der Waals surface area contributed by atoms with Crippen molar-refractivity contribution in [1.82, 2.24) is 19.5 Å². The number of benzene rings is 2. The summed E-state index contributed by atoms with van der Waals surface area (Å²) in [6.45, 7) is 0.584. The van der Waals surface area contributed by atoms with Crippen LogP contribution in [-0.4, -0.2) is 55.3 Å². The van der Waals surface area contributed by atoms with Gasteiger partial charge in [-0.15, -0.1) is 0 Å². The third kappa shape index (κ3) is 5.02. The molecular formula is C24H21ClIN5O4S. The van der Waals surface area contributed by atoms with E-state index in [1.54, 1.807) is 35.2 Å². The normalized spacial score (nSPS) is 21.6. The first kappa shape index (κ1) is 25.2. The van der Waals surface area contributed by atoms with Crippen molar-refractivity contribution in [1.29, 1.82) is 0 Å². The van der Waals surface area contributed by atoms with E-state index in [1.807, 2.05) is 39.5 Å². The monoisotopic (exact) mass is 637 g/mol. The van der Waals surface area contributed by atoms with E-state index in [4.69, 9.17) is 21.1 Å². The Balaban J connectivity index is 1.43. The number of anilines is 1. The summed E-state index contributed by atoms with van der Waals surface area (Å²) in [5.41, 5.74) is 1.78. The molecule has 1 aliphatic rings. The van der Waals surface area contributed by atoms with Crippen molar-refractivity contribution >= 4 is 69.2 Å². The zero-order valence-corrected chi connectivity index (χ0v) is 22.7. The average Bonchev–Trinajstić information content (AvgIpc) is 3.44. The summed E-state index contributed by atoms with van der Waals surface area (Å²) in [6, 6.07) is 18.7. The zero-order valence-electron chi connectivity index (χ0n) is 18.9. The van der Waals surface area contributed by atoms with Crippen LogP contribution < -0.4 is 3.11 Å². The molecule has 1 aliphatic heterocycles. The molecule has 0 amide bonds. The molecule has 4 atom stereocenters. The fourth-order valence-electron chi connectivity index (χ4n) is 3.99. The number of carbonyl (C=O) groups is 1. The molecule has 2 aromatic carbocycles. The molecule has 12 heteroatoms. The number of carbonyl (C=O) groups excluding carboxylic acids is 1. The van der Waals surface area contributed by atoms with Gasteiger partial charge in [-0.05, 0) is 29.3 Å². The largest absolute Gasteiger partial charge is 0.445 e. The molecule has 4 unspecified atom stereocenters. The summed E-state index contributed by atoms with van der Waals surface area (Å²) < 4.78 is 14.9. The number of rotatable bonds is 7. The van der Waals surface area contributed by atoms with Crippen LogP contribution in [0.15, 0.2) is 67.0 Å². The number of imidazole rings is 1. The number of esters is 1. The number of hydrogen-bond donors (Lipinski definition) is 1. The quantitative estimate of drug-likeness (QED) is 0.134. The van der Waals surface area contributed by atoms with E-state index >= 15 is 0 Å². The third-order valence-corrected chi connectivity index (χ3v) is 8.10. The van der Waals surface area contributed by atoms with E-state index in [9.17, 15) is 9.90 Å². The topological polar surface area (TPSA) is 103 Å². The third-order valence-electron chi connectivity index (χ3n) is 5.72. The maximum atomic E-state index is 12.7. The number of aromatic nitrogens is 4. The molecule has 0 aliphatic carbocycles. The standard InChI is InChI=1S/C24H21ClIN5O4S/c1-34-18-17(32)21(36-23(18)35-22(33)15-10-6-3-7-11-15)30-13-27-16-19(30)28-24(25)29-20(16)31(26)12-14-8-4-2-5-9-14/h2-11,13,17-18,21,23,32H,12H2,1H3. The van der Waals surface area contributed by atoms with Gasteiger partial charge in [0.2, 0.25) is 5.28 Å². The summed E-state index contributed by atoms with van der Waals surface area (Å²) in [5.74, 6) is 0.0636. The second-order valence-corrected chi connectivity index (χ2v) is 10.7. The molecular weight excluding hydrogens is 617 g/mol. The minimum atomic E-state index is -0.997. The lowest BCUT2D eigenvalue weighted by Crippen LogP contribution is -2.35. The Morgan fingerprint density at radius 2 is 1.86 bits per heavy atom. The van der Waals surface area contributed by atoms with Crippen molar-refractivity contribution < 1.29 is 19.4 Å². The molecule has 4 aromatic rings. The molecule has 9 nitrogen and oxygen atoms in total. The van der Waals surface area contributed by atoms with Gasteiger partial charge >= 0.3 is 5.97 Å². The lowest BCUT2D eigenvalue weighted by atomic mass is 10.2. The molecule has 1 saturated heterocycles. The zero-order chi connectivity index (χ0) is 25.2.